The van der Waals surface area contributed by atoms with Crippen molar-refractivity contribution in [3.63, 3.8) is 0 Å². The minimum Gasteiger partial charge on any atom is -0.360 e. The van der Waals surface area contributed by atoms with Gasteiger partial charge in [0.2, 0.25) is 0 Å². The lowest BCUT2D eigenvalue weighted by Crippen LogP contribution is -2.01. The SMILES string of the molecule is O=C(c1ccc(Cl)c(F)c1)c1c[nH]c2ccccc12. The highest BCUT2D eigenvalue weighted by Crippen LogP contribution is 2.23. The van der Waals surface area contributed by atoms with Gasteiger partial charge in [0, 0.05) is 28.2 Å². The summed E-state index contributed by atoms with van der Waals surface area (Å²) in [6.45, 7) is 0. The molecule has 0 aliphatic heterocycles. The van der Waals surface area contributed by atoms with Crippen LogP contribution in [0.25, 0.3) is 10.9 Å². The summed E-state index contributed by atoms with van der Waals surface area (Å²) < 4.78 is 13.4. The fourth-order valence-electron chi connectivity index (χ4n) is 2.05. The number of fused-ring (bicyclic) bond motifs is 1. The fraction of sp³-hybridized carbons (Fsp3) is 0. The van der Waals surface area contributed by atoms with E-state index in [2.05, 4.69) is 4.98 Å². The highest BCUT2D eigenvalue weighted by molar-refractivity contribution is 6.31. The van der Waals surface area contributed by atoms with Gasteiger partial charge in [-0.25, -0.2) is 4.39 Å². The van der Waals surface area contributed by atoms with Gasteiger partial charge in [-0.15, -0.1) is 0 Å². The van der Waals surface area contributed by atoms with E-state index in [4.69, 9.17) is 11.6 Å². The van der Waals surface area contributed by atoms with Crippen LogP contribution >= 0.6 is 11.6 Å². The Labute approximate surface area is 113 Å². The summed E-state index contributed by atoms with van der Waals surface area (Å²) in [6.07, 6.45) is 1.64. The van der Waals surface area contributed by atoms with Crippen LogP contribution in [0.4, 0.5) is 4.39 Å². The molecular formula is C15H9ClFNO. The molecule has 1 N–H and O–H groups in total. The summed E-state index contributed by atoms with van der Waals surface area (Å²) in [7, 11) is 0. The molecule has 0 bridgehead atoms. The maximum atomic E-state index is 13.4. The van der Waals surface area contributed by atoms with E-state index < -0.39 is 5.82 Å². The van der Waals surface area contributed by atoms with Gasteiger partial charge in [0.15, 0.2) is 5.78 Å². The number of carbonyl (C=O) groups is 1. The van der Waals surface area contributed by atoms with Gasteiger partial charge in [0.05, 0.1) is 5.02 Å². The molecule has 3 aromatic rings. The van der Waals surface area contributed by atoms with Gasteiger partial charge in [-0.05, 0) is 24.3 Å². The molecule has 0 unspecified atom stereocenters. The maximum absolute atomic E-state index is 13.4. The molecule has 2 aromatic carbocycles. The Bertz CT molecular complexity index is 779. The number of hydrogen-bond donors (Lipinski definition) is 1. The highest BCUT2D eigenvalue weighted by Gasteiger charge is 2.15. The minimum absolute atomic E-state index is 0.00970. The molecule has 2 nitrogen and oxygen atoms in total. The summed E-state index contributed by atoms with van der Waals surface area (Å²) in [5, 5.41) is 0.832. The van der Waals surface area contributed by atoms with E-state index in [1.165, 1.54) is 12.1 Å². The first-order chi connectivity index (χ1) is 9.16. The van der Waals surface area contributed by atoms with Gasteiger partial charge < -0.3 is 4.98 Å². The van der Waals surface area contributed by atoms with Crippen LogP contribution in [0.2, 0.25) is 5.02 Å². The molecule has 0 aliphatic carbocycles. The van der Waals surface area contributed by atoms with Crippen LogP contribution in [0, 0.1) is 5.82 Å². The summed E-state index contributed by atoms with van der Waals surface area (Å²) in [4.78, 5) is 15.4. The van der Waals surface area contributed by atoms with E-state index in [9.17, 15) is 9.18 Å². The molecule has 0 amide bonds. The first-order valence-electron chi connectivity index (χ1n) is 5.72. The van der Waals surface area contributed by atoms with Crippen molar-refractivity contribution in [3.05, 3.63) is 70.6 Å². The average molecular weight is 274 g/mol. The number of aromatic nitrogens is 1. The van der Waals surface area contributed by atoms with Crippen molar-refractivity contribution in [3.8, 4) is 0 Å². The Balaban J connectivity index is 2.11. The van der Waals surface area contributed by atoms with E-state index in [0.29, 0.717) is 5.56 Å². The Morgan fingerprint density at radius 2 is 1.95 bits per heavy atom. The standard InChI is InChI=1S/C15H9ClFNO/c16-12-6-5-9(7-13(12)17)15(19)11-8-18-14-4-2-1-3-10(11)14/h1-8,18H. The maximum Gasteiger partial charge on any atom is 0.195 e. The van der Waals surface area contributed by atoms with E-state index in [1.54, 1.807) is 6.20 Å². The number of hydrogen-bond acceptors (Lipinski definition) is 1. The Morgan fingerprint density at radius 3 is 2.74 bits per heavy atom. The van der Waals surface area contributed by atoms with E-state index in [-0.39, 0.29) is 16.4 Å². The fourth-order valence-corrected chi connectivity index (χ4v) is 2.17. The van der Waals surface area contributed by atoms with E-state index in [1.807, 2.05) is 24.3 Å². The zero-order valence-corrected chi connectivity index (χ0v) is 10.5. The number of rotatable bonds is 2. The van der Waals surface area contributed by atoms with Crippen molar-refractivity contribution in [2.75, 3.05) is 0 Å². The van der Waals surface area contributed by atoms with Crippen LogP contribution in [0.3, 0.4) is 0 Å². The number of para-hydroxylation sites is 1. The molecule has 0 saturated heterocycles. The molecule has 0 atom stereocenters. The first kappa shape index (κ1) is 11.9. The lowest BCUT2D eigenvalue weighted by molar-refractivity contribution is 0.104. The zero-order valence-electron chi connectivity index (χ0n) is 9.78. The van der Waals surface area contributed by atoms with Crippen molar-refractivity contribution < 1.29 is 9.18 Å². The van der Waals surface area contributed by atoms with Crippen molar-refractivity contribution in [2.45, 2.75) is 0 Å². The normalized spacial score (nSPS) is 10.8. The zero-order chi connectivity index (χ0) is 13.4. The van der Waals surface area contributed by atoms with Crippen LogP contribution in [-0.2, 0) is 0 Å². The number of halogens is 2. The highest BCUT2D eigenvalue weighted by atomic mass is 35.5. The molecule has 0 fully saturated rings. The quantitative estimate of drug-likeness (QED) is 0.698. The van der Waals surface area contributed by atoms with Crippen molar-refractivity contribution in [1.82, 2.24) is 4.98 Å². The monoisotopic (exact) mass is 273 g/mol. The van der Waals surface area contributed by atoms with Crippen LogP contribution in [0.1, 0.15) is 15.9 Å². The Morgan fingerprint density at radius 1 is 1.16 bits per heavy atom. The molecule has 19 heavy (non-hydrogen) atoms. The van der Waals surface area contributed by atoms with Crippen LogP contribution in [0.15, 0.2) is 48.7 Å². The molecular weight excluding hydrogens is 265 g/mol. The second kappa shape index (κ2) is 4.52. The second-order valence-electron chi connectivity index (χ2n) is 4.21. The van der Waals surface area contributed by atoms with Gasteiger partial charge in [0.1, 0.15) is 5.82 Å². The lowest BCUT2D eigenvalue weighted by atomic mass is 10.0. The van der Waals surface area contributed by atoms with Crippen molar-refractivity contribution in [2.24, 2.45) is 0 Å². The Kier molecular flexibility index (Phi) is 2.84. The number of ketones is 1. The van der Waals surface area contributed by atoms with Gasteiger partial charge in [-0.2, -0.15) is 0 Å². The van der Waals surface area contributed by atoms with E-state index in [0.717, 1.165) is 17.0 Å². The molecule has 3 rings (SSSR count). The number of carbonyl (C=O) groups excluding carboxylic acids is 1. The van der Waals surface area contributed by atoms with Gasteiger partial charge in [-0.3, -0.25) is 4.79 Å². The van der Waals surface area contributed by atoms with Gasteiger partial charge in [-0.1, -0.05) is 29.8 Å². The number of benzene rings is 2. The lowest BCUT2D eigenvalue weighted by Gasteiger charge is -2.01. The number of H-pyrrole nitrogens is 1. The van der Waals surface area contributed by atoms with Crippen LogP contribution in [-0.4, -0.2) is 10.8 Å². The van der Waals surface area contributed by atoms with Crippen LogP contribution < -0.4 is 0 Å². The molecule has 0 radical (unpaired) electrons. The Hall–Kier alpha value is -2.13. The molecule has 1 heterocycles. The molecule has 0 aliphatic rings. The molecule has 94 valence electrons. The van der Waals surface area contributed by atoms with Gasteiger partial charge in [0.25, 0.3) is 0 Å². The summed E-state index contributed by atoms with van der Waals surface area (Å²) in [6, 6.07) is 11.5. The number of aromatic amines is 1. The van der Waals surface area contributed by atoms with Gasteiger partial charge >= 0.3 is 0 Å². The van der Waals surface area contributed by atoms with Crippen molar-refractivity contribution >= 4 is 28.3 Å². The van der Waals surface area contributed by atoms with Crippen molar-refractivity contribution in [1.29, 1.82) is 0 Å². The average Bonchev–Trinajstić information content (AvgIpc) is 2.85. The second-order valence-corrected chi connectivity index (χ2v) is 4.61. The third-order valence-corrected chi connectivity index (χ3v) is 3.32. The van der Waals surface area contributed by atoms with E-state index >= 15 is 0 Å². The largest absolute Gasteiger partial charge is 0.360 e. The molecule has 1 aromatic heterocycles. The minimum atomic E-state index is -0.590. The summed E-state index contributed by atoms with van der Waals surface area (Å²) in [5.41, 5.74) is 1.68. The predicted octanol–water partition coefficient (Wildman–Crippen LogP) is 4.19. The third-order valence-electron chi connectivity index (χ3n) is 3.02. The molecule has 0 saturated carbocycles. The number of nitrogens with one attached hydrogen (secondary N) is 1. The van der Waals surface area contributed by atoms with Crippen LogP contribution in [0.5, 0.6) is 0 Å². The molecule has 4 heteroatoms. The molecule has 0 spiro atoms. The smallest absolute Gasteiger partial charge is 0.195 e. The topological polar surface area (TPSA) is 32.9 Å². The predicted molar refractivity (Wildman–Crippen MR) is 73.1 cm³/mol. The first-order valence-corrected chi connectivity index (χ1v) is 6.10. The summed E-state index contributed by atoms with van der Waals surface area (Å²) >= 11 is 5.61. The summed E-state index contributed by atoms with van der Waals surface area (Å²) in [5.74, 6) is -0.819. The third kappa shape index (κ3) is 2.02.